The number of rotatable bonds is 2. The largest absolute Gasteiger partial charge is 0.274 e. The van der Waals surface area contributed by atoms with E-state index in [1.54, 1.807) is 12.1 Å². The number of aryl methyl sites for hydroxylation is 1. The quantitative estimate of drug-likeness (QED) is 0.712. The maximum Gasteiger partial charge on any atom is 0.261 e. The van der Waals surface area contributed by atoms with Gasteiger partial charge in [0, 0.05) is 6.54 Å². The van der Waals surface area contributed by atoms with Crippen molar-refractivity contribution in [2.45, 2.75) is 20.8 Å². The zero-order valence-corrected chi connectivity index (χ0v) is 9.78. The summed E-state index contributed by atoms with van der Waals surface area (Å²) in [6.45, 7) is 6.40. The van der Waals surface area contributed by atoms with Crippen LogP contribution < -0.4 is 0 Å². The lowest BCUT2D eigenvalue weighted by Gasteiger charge is -2.15. The fourth-order valence-corrected chi connectivity index (χ4v) is 1.94. The third-order valence-electron chi connectivity index (χ3n) is 2.67. The number of hydrogen-bond donors (Lipinski definition) is 0. The molecular weight excluding hydrogens is 202 g/mol. The first-order chi connectivity index (χ1) is 7.50. The molecule has 0 saturated heterocycles. The molecule has 3 nitrogen and oxygen atoms in total. The lowest BCUT2D eigenvalue weighted by molar-refractivity contribution is 0.0636. The number of benzene rings is 1. The van der Waals surface area contributed by atoms with Gasteiger partial charge in [-0.05, 0) is 25.0 Å². The molecule has 0 bridgehead atoms. The van der Waals surface area contributed by atoms with Crippen LogP contribution in [0.1, 0.15) is 40.1 Å². The molecule has 0 radical (unpaired) electrons. The van der Waals surface area contributed by atoms with Gasteiger partial charge in [0.25, 0.3) is 11.8 Å². The highest BCUT2D eigenvalue weighted by Gasteiger charge is 2.35. The van der Waals surface area contributed by atoms with Crippen LogP contribution in [0.5, 0.6) is 0 Å². The lowest BCUT2D eigenvalue weighted by atomic mass is 10.1. The Bertz CT molecular complexity index is 463. The van der Waals surface area contributed by atoms with E-state index in [1.807, 2.05) is 26.8 Å². The van der Waals surface area contributed by atoms with E-state index in [0.29, 0.717) is 23.6 Å². The molecule has 1 aromatic rings. The summed E-state index contributed by atoms with van der Waals surface area (Å²) in [6.07, 6.45) is 0. The first-order valence-electron chi connectivity index (χ1n) is 5.47. The molecular formula is C13H15NO2. The van der Waals surface area contributed by atoms with Crippen LogP contribution in [0.3, 0.4) is 0 Å². The molecule has 1 heterocycles. The van der Waals surface area contributed by atoms with Gasteiger partial charge in [-0.15, -0.1) is 0 Å². The standard InChI is InChI=1S/C13H15NO2/c1-8(2)7-14-12(15)10-5-4-9(3)6-11(10)13(14)16/h4-6,8H,7H2,1-3H3. The summed E-state index contributed by atoms with van der Waals surface area (Å²) in [5.41, 5.74) is 2.09. The second-order valence-electron chi connectivity index (χ2n) is 4.66. The summed E-state index contributed by atoms with van der Waals surface area (Å²) in [4.78, 5) is 25.3. The number of carbonyl (C=O) groups excluding carboxylic acids is 2. The molecule has 0 N–H and O–H groups in total. The molecule has 0 aromatic heterocycles. The van der Waals surface area contributed by atoms with Crippen molar-refractivity contribution in [1.82, 2.24) is 4.90 Å². The molecule has 0 aliphatic carbocycles. The van der Waals surface area contributed by atoms with Gasteiger partial charge in [-0.1, -0.05) is 25.5 Å². The summed E-state index contributed by atoms with van der Waals surface area (Å²) in [6, 6.07) is 5.39. The van der Waals surface area contributed by atoms with E-state index in [4.69, 9.17) is 0 Å². The number of nitrogens with zero attached hydrogens (tertiary/aromatic N) is 1. The Morgan fingerprint density at radius 2 is 1.75 bits per heavy atom. The highest BCUT2D eigenvalue weighted by atomic mass is 16.2. The van der Waals surface area contributed by atoms with Crippen LogP contribution >= 0.6 is 0 Å². The van der Waals surface area contributed by atoms with E-state index in [-0.39, 0.29) is 11.8 Å². The minimum atomic E-state index is -0.159. The lowest BCUT2D eigenvalue weighted by Crippen LogP contribution is -2.33. The monoisotopic (exact) mass is 217 g/mol. The van der Waals surface area contributed by atoms with Crippen LogP contribution in [0, 0.1) is 12.8 Å². The molecule has 2 rings (SSSR count). The third-order valence-corrected chi connectivity index (χ3v) is 2.67. The second kappa shape index (κ2) is 3.74. The summed E-state index contributed by atoms with van der Waals surface area (Å²) < 4.78 is 0. The molecule has 0 saturated carbocycles. The van der Waals surface area contributed by atoms with Gasteiger partial charge < -0.3 is 0 Å². The van der Waals surface area contributed by atoms with Crippen molar-refractivity contribution in [1.29, 1.82) is 0 Å². The molecule has 0 atom stereocenters. The van der Waals surface area contributed by atoms with Gasteiger partial charge in [-0.2, -0.15) is 0 Å². The van der Waals surface area contributed by atoms with Crippen molar-refractivity contribution in [2.75, 3.05) is 6.54 Å². The van der Waals surface area contributed by atoms with Gasteiger partial charge in [0.1, 0.15) is 0 Å². The predicted octanol–water partition coefficient (Wildman–Crippen LogP) is 2.25. The SMILES string of the molecule is Cc1ccc2c(c1)C(=O)N(CC(C)C)C2=O. The van der Waals surface area contributed by atoms with E-state index in [0.717, 1.165) is 5.56 Å². The molecule has 0 fully saturated rings. The first-order valence-corrected chi connectivity index (χ1v) is 5.47. The van der Waals surface area contributed by atoms with Crippen LogP contribution in [0.15, 0.2) is 18.2 Å². The van der Waals surface area contributed by atoms with Crippen LogP contribution in [0.4, 0.5) is 0 Å². The Morgan fingerprint density at radius 1 is 1.12 bits per heavy atom. The minimum Gasteiger partial charge on any atom is -0.274 e. The predicted molar refractivity (Wildman–Crippen MR) is 61.4 cm³/mol. The number of imide groups is 1. The zero-order valence-electron chi connectivity index (χ0n) is 9.78. The van der Waals surface area contributed by atoms with Gasteiger partial charge in [0.2, 0.25) is 0 Å². The topological polar surface area (TPSA) is 37.4 Å². The molecule has 2 amide bonds. The number of fused-ring (bicyclic) bond motifs is 1. The average molecular weight is 217 g/mol. The number of hydrogen-bond acceptors (Lipinski definition) is 2. The van der Waals surface area contributed by atoms with Crippen molar-refractivity contribution >= 4 is 11.8 Å². The fourth-order valence-electron chi connectivity index (χ4n) is 1.94. The summed E-state index contributed by atoms with van der Waals surface area (Å²) in [7, 11) is 0. The van der Waals surface area contributed by atoms with Crippen molar-refractivity contribution in [3.8, 4) is 0 Å². The molecule has 3 heteroatoms. The molecule has 0 unspecified atom stereocenters. The van der Waals surface area contributed by atoms with Gasteiger partial charge >= 0.3 is 0 Å². The molecule has 1 aliphatic heterocycles. The molecule has 16 heavy (non-hydrogen) atoms. The summed E-state index contributed by atoms with van der Waals surface area (Å²) >= 11 is 0. The van der Waals surface area contributed by atoms with Gasteiger partial charge in [-0.25, -0.2) is 0 Å². The van der Waals surface area contributed by atoms with Crippen molar-refractivity contribution < 1.29 is 9.59 Å². The van der Waals surface area contributed by atoms with Crippen LogP contribution in [0.2, 0.25) is 0 Å². The molecule has 0 spiro atoms. The number of carbonyl (C=O) groups is 2. The highest BCUT2D eigenvalue weighted by molar-refractivity contribution is 6.21. The Balaban J connectivity index is 2.40. The maximum atomic E-state index is 12.0. The summed E-state index contributed by atoms with van der Waals surface area (Å²) in [5.74, 6) is -0.0191. The Labute approximate surface area is 95.1 Å². The van der Waals surface area contributed by atoms with Crippen molar-refractivity contribution in [3.63, 3.8) is 0 Å². The Hall–Kier alpha value is -1.64. The van der Waals surface area contributed by atoms with E-state index in [1.165, 1.54) is 4.90 Å². The summed E-state index contributed by atoms with van der Waals surface area (Å²) in [5, 5.41) is 0. The van der Waals surface area contributed by atoms with Gasteiger partial charge in [0.05, 0.1) is 11.1 Å². The smallest absolute Gasteiger partial charge is 0.261 e. The third kappa shape index (κ3) is 1.62. The van der Waals surface area contributed by atoms with E-state index < -0.39 is 0 Å². The second-order valence-corrected chi connectivity index (χ2v) is 4.66. The van der Waals surface area contributed by atoms with Crippen LogP contribution in [0.25, 0.3) is 0 Å². The average Bonchev–Trinajstić information content (AvgIpc) is 2.43. The first kappa shape index (κ1) is 10.9. The Morgan fingerprint density at radius 3 is 2.38 bits per heavy atom. The van der Waals surface area contributed by atoms with Crippen molar-refractivity contribution in [3.05, 3.63) is 34.9 Å². The molecule has 1 aromatic carbocycles. The molecule has 84 valence electrons. The van der Waals surface area contributed by atoms with Gasteiger partial charge in [0.15, 0.2) is 0 Å². The van der Waals surface area contributed by atoms with E-state index in [2.05, 4.69) is 0 Å². The molecule has 1 aliphatic rings. The maximum absolute atomic E-state index is 12.0. The van der Waals surface area contributed by atoms with Crippen LogP contribution in [-0.4, -0.2) is 23.3 Å². The highest BCUT2D eigenvalue weighted by Crippen LogP contribution is 2.24. The fraction of sp³-hybridized carbons (Fsp3) is 0.385. The van der Waals surface area contributed by atoms with Gasteiger partial charge in [-0.3, -0.25) is 14.5 Å². The normalized spacial score (nSPS) is 14.9. The van der Waals surface area contributed by atoms with Crippen LogP contribution in [-0.2, 0) is 0 Å². The van der Waals surface area contributed by atoms with E-state index >= 15 is 0 Å². The van der Waals surface area contributed by atoms with Crippen molar-refractivity contribution in [2.24, 2.45) is 5.92 Å². The number of amides is 2. The van der Waals surface area contributed by atoms with E-state index in [9.17, 15) is 9.59 Å². The zero-order chi connectivity index (χ0) is 11.9. The minimum absolute atomic E-state index is 0.155. The Kier molecular flexibility index (Phi) is 2.54.